The number of sulfonamides is 1. The van der Waals surface area contributed by atoms with Gasteiger partial charge in [-0.25, -0.2) is 18.5 Å². The summed E-state index contributed by atoms with van der Waals surface area (Å²) >= 11 is 6.15. The average Bonchev–Trinajstić information content (AvgIpc) is 2.67. The van der Waals surface area contributed by atoms with Gasteiger partial charge in [0.25, 0.3) is 0 Å². The minimum absolute atomic E-state index is 0.0728. The first kappa shape index (κ1) is 21.0. The van der Waals surface area contributed by atoms with Crippen LogP contribution in [0, 0.1) is 0 Å². The van der Waals surface area contributed by atoms with Gasteiger partial charge in [-0.3, -0.25) is 0 Å². The van der Waals surface area contributed by atoms with Gasteiger partial charge in [-0.1, -0.05) is 35.9 Å². The zero-order valence-electron chi connectivity index (χ0n) is 15.3. The molecule has 0 radical (unpaired) electrons. The Hall–Kier alpha value is -2.72. The van der Waals surface area contributed by atoms with E-state index in [0.29, 0.717) is 40.6 Å². The van der Waals surface area contributed by atoms with E-state index in [1.807, 2.05) is 0 Å². The number of anilines is 2. The Kier molecular flexibility index (Phi) is 6.33. The molecular weight excluding hydrogens is 414 g/mol. The van der Waals surface area contributed by atoms with Gasteiger partial charge in [-0.15, -0.1) is 0 Å². The lowest BCUT2D eigenvalue weighted by Crippen LogP contribution is -2.12. The van der Waals surface area contributed by atoms with E-state index in [2.05, 4.69) is 15.3 Å². The Morgan fingerprint density at radius 1 is 1.10 bits per heavy atom. The summed E-state index contributed by atoms with van der Waals surface area (Å²) in [6, 6.07) is 13.4. The number of benzene rings is 2. The number of rotatable bonds is 7. The van der Waals surface area contributed by atoms with Gasteiger partial charge >= 0.3 is 0 Å². The summed E-state index contributed by atoms with van der Waals surface area (Å²) in [7, 11) is -3.70. The monoisotopic (exact) mass is 433 g/mol. The second-order valence-corrected chi connectivity index (χ2v) is 8.26. The Balaban J connectivity index is 1.74. The summed E-state index contributed by atoms with van der Waals surface area (Å²) in [5.74, 6) is 0.615. The molecule has 1 heterocycles. The molecule has 6 N–H and O–H groups in total. The summed E-state index contributed by atoms with van der Waals surface area (Å²) in [4.78, 5) is 8.49. The molecule has 10 heteroatoms. The van der Waals surface area contributed by atoms with E-state index in [-0.39, 0.29) is 17.5 Å². The lowest BCUT2D eigenvalue weighted by molar-refractivity contribution is 0.282. The highest BCUT2D eigenvalue weighted by Gasteiger charge is 2.12. The maximum absolute atomic E-state index is 11.3. The van der Waals surface area contributed by atoms with Crippen molar-refractivity contribution in [2.75, 3.05) is 17.6 Å². The van der Waals surface area contributed by atoms with Crippen LogP contribution in [0.15, 0.2) is 53.4 Å². The molecule has 0 saturated carbocycles. The minimum Gasteiger partial charge on any atom is -0.392 e. The summed E-state index contributed by atoms with van der Waals surface area (Å²) in [5, 5.41) is 18.3. The van der Waals surface area contributed by atoms with Gasteiger partial charge in [0.2, 0.25) is 16.0 Å². The number of hydrogen-bond acceptors (Lipinski definition) is 7. The van der Waals surface area contributed by atoms with E-state index >= 15 is 0 Å². The first-order valence-corrected chi connectivity index (χ1v) is 10.6. The Bertz CT molecular complexity index is 1120. The van der Waals surface area contributed by atoms with Gasteiger partial charge < -0.3 is 16.2 Å². The molecule has 0 aliphatic carbocycles. The number of aliphatic hydroxyl groups excluding tert-OH is 1. The largest absolute Gasteiger partial charge is 0.392 e. The van der Waals surface area contributed by atoms with Crippen LogP contribution in [-0.2, 0) is 23.1 Å². The number of nitrogens with two attached hydrogens (primary N) is 2. The third kappa shape index (κ3) is 5.21. The van der Waals surface area contributed by atoms with Crippen molar-refractivity contribution < 1.29 is 13.5 Å². The van der Waals surface area contributed by atoms with Crippen LogP contribution in [-0.4, -0.2) is 30.0 Å². The van der Waals surface area contributed by atoms with Crippen LogP contribution in [0.2, 0.25) is 5.02 Å². The lowest BCUT2D eigenvalue weighted by Gasteiger charge is -2.12. The van der Waals surface area contributed by atoms with Gasteiger partial charge in [-0.2, -0.15) is 4.98 Å². The summed E-state index contributed by atoms with van der Waals surface area (Å²) < 4.78 is 22.6. The number of hydrogen-bond donors (Lipinski definition) is 4. The summed E-state index contributed by atoms with van der Waals surface area (Å²) in [6.07, 6.45) is 0.628. The van der Waals surface area contributed by atoms with E-state index in [9.17, 15) is 13.5 Å². The second kappa shape index (κ2) is 8.75. The SMILES string of the molecule is Nc1nc(NCCc2ccc(S(N)(=O)=O)cc2)cc(-c2cccc(Cl)c2CO)n1. The molecule has 3 aromatic rings. The van der Waals surface area contributed by atoms with E-state index < -0.39 is 10.0 Å². The van der Waals surface area contributed by atoms with Gasteiger partial charge in [0.1, 0.15) is 5.82 Å². The first-order chi connectivity index (χ1) is 13.8. The molecule has 152 valence electrons. The van der Waals surface area contributed by atoms with Crippen LogP contribution in [0.3, 0.4) is 0 Å². The fourth-order valence-corrected chi connectivity index (χ4v) is 3.58. The molecule has 29 heavy (non-hydrogen) atoms. The van der Waals surface area contributed by atoms with Crippen molar-refractivity contribution in [3.63, 3.8) is 0 Å². The maximum Gasteiger partial charge on any atom is 0.238 e. The predicted octanol–water partition coefficient (Wildman–Crippen LogP) is 2.17. The fourth-order valence-electron chi connectivity index (χ4n) is 2.83. The number of nitrogen functional groups attached to an aromatic ring is 1. The minimum atomic E-state index is -3.70. The predicted molar refractivity (Wildman–Crippen MR) is 113 cm³/mol. The topological polar surface area (TPSA) is 144 Å². The standard InChI is InChI=1S/C19H20ClN5O3S/c20-16-3-1-2-14(15(16)11-26)17-10-18(25-19(21)24-17)23-9-8-12-4-6-13(7-5-12)29(22,27)28/h1-7,10,26H,8-9,11H2,(H2,22,27,28)(H3,21,23,24,25). The zero-order valence-corrected chi connectivity index (χ0v) is 16.9. The van der Waals surface area contributed by atoms with Gasteiger partial charge in [0.15, 0.2) is 0 Å². The number of aromatic nitrogens is 2. The number of aliphatic hydroxyl groups is 1. The smallest absolute Gasteiger partial charge is 0.238 e. The zero-order chi connectivity index (χ0) is 21.0. The van der Waals surface area contributed by atoms with Crippen LogP contribution < -0.4 is 16.2 Å². The molecule has 8 nitrogen and oxygen atoms in total. The molecule has 0 fully saturated rings. The molecule has 0 spiro atoms. The maximum atomic E-state index is 11.3. The molecule has 3 rings (SSSR count). The second-order valence-electron chi connectivity index (χ2n) is 6.29. The van der Waals surface area contributed by atoms with Crippen LogP contribution in [0.5, 0.6) is 0 Å². The van der Waals surface area contributed by atoms with Crippen molar-refractivity contribution in [1.29, 1.82) is 0 Å². The normalized spacial score (nSPS) is 11.4. The molecule has 0 saturated heterocycles. The molecule has 0 aliphatic heterocycles. The Labute approximate surface area is 173 Å². The molecule has 0 aliphatic rings. The Morgan fingerprint density at radius 3 is 2.48 bits per heavy atom. The summed E-state index contributed by atoms with van der Waals surface area (Å²) in [5.41, 5.74) is 8.56. The first-order valence-electron chi connectivity index (χ1n) is 8.66. The molecule has 0 bridgehead atoms. The molecular formula is C19H20ClN5O3S. The van der Waals surface area contributed by atoms with Crippen molar-refractivity contribution in [1.82, 2.24) is 9.97 Å². The van der Waals surface area contributed by atoms with Gasteiger partial charge in [0, 0.05) is 28.8 Å². The van der Waals surface area contributed by atoms with E-state index in [0.717, 1.165) is 5.56 Å². The van der Waals surface area contributed by atoms with Crippen molar-refractivity contribution in [2.45, 2.75) is 17.9 Å². The van der Waals surface area contributed by atoms with Crippen LogP contribution in [0.1, 0.15) is 11.1 Å². The van der Waals surface area contributed by atoms with Crippen molar-refractivity contribution in [3.8, 4) is 11.3 Å². The van der Waals surface area contributed by atoms with Crippen molar-refractivity contribution in [3.05, 3.63) is 64.7 Å². The fraction of sp³-hybridized carbons (Fsp3) is 0.158. The van der Waals surface area contributed by atoms with Crippen LogP contribution in [0.25, 0.3) is 11.3 Å². The Morgan fingerprint density at radius 2 is 1.83 bits per heavy atom. The molecule has 0 amide bonds. The molecule has 0 unspecified atom stereocenters. The van der Waals surface area contributed by atoms with Crippen LogP contribution in [0.4, 0.5) is 11.8 Å². The van der Waals surface area contributed by atoms with Gasteiger partial charge in [0.05, 0.1) is 17.2 Å². The molecule has 2 aromatic carbocycles. The number of primary sulfonamides is 1. The highest BCUT2D eigenvalue weighted by atomic mass is 35.5. The van der Waals surface area contributed by atoms with E-state index in [1.54, 1.807) is 36.4 Å². The number of nitrogens with zero attached hydrogens (tertiary/aromatic N) is 2. The molecule has 1 aromatic heterocycles. The third-order valence-corrected chi connectivity index (χ3v) is 5.55. The van der Waals surface area contributed by atoms with Crippen molar-refractivity contribution in [2.24, 2.45) is 5.14 Å². The third-order valence-electron chi connectivity index (χ3n) is 4.27. The quantitative estimate of drug-likeness (QED) is 0.446. The average molecular weight is 434 g/mol. The number of nitrogens with one attached hydrogen (secondary N) is 1. The van der Waals surface area contributed by atoms with E-state index in [4.69, 9.17) is 22.5 Å². The highest BCUT2D eigenvalue weighted by molar-refractivity contribution is 7.89. The highest BCUT2D eigenvalue weighted by Crippen LogP contribution is 2.29. The van der Waals surface area contributed by atoms with Crippen LogP contribution >= 0.6 is 11.6 Å². The van der Waals surface area contributed by atoms with E-state index in [1.165, 1.54) is 12.1 Å². The number of halogens is 1. The lowest BCUT2D eigenvalue weighted by atomic mass is 10.0. The van der Waals surface area contributed by atoms with Crippen molar-refractivity contribution >= 4 is 33.4 Å². The molecule has 0 atom stereocenters. The summed E-state index contributed by atoms with van der Waals surface area (Å²) in [6.45, 7) is 0.309. The van der Waals surface area contributed by atoms with Gasteiger partial charge in [-0.05, 0) is 30.2 Å².